The van der Waals surface area contributed by atoms with Gasteiger partial charge in [0.25, 0.3) is 0 Å². The number of benzene rings is 1. The van der Waals surface area contributed by atoms with Crippen LogP contribution in [-0.2, 0) is 31.1 Å². The van der Waals surface area contributed by atoms with Crippen molar-refractivity contribution in [1.29, 1.82) is 0 Å². The first-order valence-electron chi connectivity index (χ1n) is 11.6. The second-order valence-electron chi connectivity index (χ2n) is 9.64. The van der Waals surface area contributed by atoms with E-state index in [0.29, 0.717) is 31.0 Å². The molecule has 1 saturated heterocycles. The van der Waals surface area contributed by atoms with Gasteiger partial charge in [0.1, 0.15) is 15.9 Å². The Labute approximate surface area is 221 Å². The number of sulfone groups is 1. The van der Waals surface area contributed by atoms with Crippen LogP contribution in [0.5, 0.6) is 0 Å². The predicted octanol–water partition coefficient (Wildman–Crippen LogP) is 2.51. The number of hydrogen-bond acceptors (Lipinski definition) is 6. The third-order valence-electron chi connectivity index (χ3n) is 6.39. The Morgan fingerprint density at radius 1 is 1.14 bits per heavy atom. The first kappa shape index (κ1) is 32.1. The highest BCUT2D eigenvalue weighted by molar-refractivity contribution is 7.90. The maximum atomic E-state index is 12.9. The normalized spacial score (nSPS) is 17.9. The summed E-state index contributed by atoms with van der Waals surface area (Å²) in [5, 5.41) is 4.37. The molecule has 3 unspecified atom stereocenters. The van der Waals surface area contributed by atoms with Crippen molar-refractivity contribution in [3.8, 4) is 0 Å². The predicted molar refractivity (Wildman–Crippen MR) is 144 cm³/mol. The lowest BCUT2D eigenvalue weighted by Gasteiger charge is -2.35. The molecule has 1 aliphatic rings. The molecule has 2 N–H and O–H groups in total. The van der Waals surface area contributed by atoms with Gasteiger partial charge >= 0.3 is 0 Å². The molecule has 1 aromatic rings. The molecule has 8 nitrogen and oxygen atoms in total. The summed E-state index contributed by atoms with van der Waals surface area (Å²) in [7, 11) is -6.96. The van der Waals surface area contributed by atoms with Crippen molar-refractivity contribution in [2.75, 3.05) is 37.9 Å². The molecule has 0 saturated carbocycles. The van der Waals surface area contributed by atoms with Crippen molar-refractivity contribution in [2.45, 2.75) is 51.6 Å². The minimum Gasteiger partial charge on any atom is -0.341 e. The van der Waals surface area contributed by atoms with Crippen LogP contribution >= 0.6 is 24.0 Å². The van der Waals surface area contributed by atoms with E-state index in [2.05, 4.69) is 30.0 Å². The van der Waals surface area contributed by atoms with E-state index < -0.39 is 25.9 Å². The van der Waals surface area contributed by atoms with Crippen LogP contribution in [0.15, 0.2) is 24.3 Å². The number of likely N-dealkylation sites (tertiary alicyclic amines) is 1. The summed E-state index contributed by atoms with van der Waals surface area (Å²) in [6, 6.07) is 7.18. The molecule has 0 spiro atoms. The zero-order chi connectivity index (χ0) is 25.5. The van der Waals surface area contributed by atoms with Gasteiger partial charge in [-0.3, -0.25) is 4.79 Å². The highest BCUT2D eigenvalue weighted by atomic mass is 35.5. The van der Waals surface area contributed by atoms with Gasteiger partial charge in [-0.15, -0.1) is 12.4 Å². The summed E-state index contributed by atoms with van der Waals surface area (Å²) in [5.41, 5.74) is 1.22. The molecular formula is C23H39Cl2N3O5S2. The number of carbonyl (C=O) groups is 1. The molecule has 1 aliphatic heterocycles. The molecule has 1 amide bonds. The van der Waals surface area contributed by atoms with E-state index in [0.717, 1.165) is 43.3 Å². The van der Waals surface area contributed by atoms with Gasteiger partial charge in [-0.25, -0.2) is 21.6 Å². The van der Waals surface area contributed by atoms with Crippen molar-refractivity contribution in [2.24, 2.45) is 11.8 Å². The lowest BCUT2D eigenvalue weighted by atomic mass is 9.92. The second-order valence-corrected chi connectivity index (χ2v) is 14.1. The Morgan fingerprint density at radius 3 is 2.31 bits per heavy atom. The van der Waals surface area contributed by atoms with Crippen LogP contribution in [0.4, 0.5) is 0 Å². The molecule has 2 rings (SSSR count). The van der Waals surface area contributed by atoms with Crippen LogP contribution in [0.1, 0.15) is 38.7 Å². The number of carbonyl (C=O) groups excluding carboxylic acids is 1. The third-order valence-corrected chi connectivity index (χ3v) is 8.31. The molecule has 202 valence electrons. The lowest BCUT2D eigenvalue weighted by molar-refractivity contribution is -0.134. The summed E-state index contributed by atoms with van der Waals surface area (Å²) in [6.07, 6.45) is 4.53. The topological polar surface area (TPSA) is 113 Å². The van der Waals surface area contributed by atoms with Gasteiger partial charge in [0, 0.05) is 30.4 Å². The standard InChI is InChI=1S/C23H38ClN3O5S2.ClH/c1-17(14-20-6-5-7-21(24)15-20)18(2)25-16-19-8-11-27(12-9-19)23(28)22(26-34(4,31)32)10-13-33(3,29)30;/h5-7,15,17-19,22,25-26H,8-14,16H2,1-4H3;1H. The van der Waals surface area contributed by atoms with E-state index in [1.807, 2.05) is 18.2 Å². The van der Waals surface area contributed by atoms with Crippen molar-refractivity contribution in [3.63, 3.8) is 0 Å². The van der Waals surface area contributed by atoms with Crippen molar-refractivity contribution < 1.29 is 21.6 Å². The molecule has 0 radical (unpaired) electrons. The fourth-order valence-electron chi connectivity index (χ4n) is 4.17. The van der Waals surface area contributed by atoms with Crippen LogP contribution in [0, 0.1) is 11.8 Å². The molecule has 0 aliphatic carbocycles. The average Bonchev–Trinajstić information content (AvgIpc) is 2.73. The Hall–Kier alpha value is -0.910. The molecule has 0 bridgehead atoms. The van der Waals surface area contributed by atoms with E-state index >= 15 is 0 Å². The van der Waals surface area contributed by atoms with E-state index in [-0.39, 0.29) is 30.5 Å². The van der Waals surface area contributed by atoms with Crippen molar-refractivity contribution >= 4 is 49.8 Å². The Bertz CT molecular complexity index is 1030. The van der Waals surface area contributed by atoms with Crippen molar-refractivity contribution in [3.05, 3.63) is 34.9 Å². The van der Waals surface area contributed by atoms with Gasteiger partial charge in [-0.1, -0.05) is 30.7 Å². The van der Waals surface area contributed by atoms with Gasteiger partial charge in [0.15, 0.2) is 0 Å². The average molecular weight is 573 g/mol. The maximum Gasteiger partial charge on any atom is 0.240 e. The summed E-state index contributed by atoms with van der Waals surface area (Å²) in [4.78, 5) is 14.6. The number of amides is 1. The van der Waals surface area contributed by atoms with Crippen LogP contribution in [-0.4, -0.2) is 77.6 Å². The summed E-state index contributed by atoms with van der Waals surface area (Å²) in [5.74, 6) is 0.237. The fraction of sp³-hybridized carbons (Fsp3) is 0.696. The van der Waals surface area contributed by atoms with E-state index in [4.69, 9.17) is 11.6 Å². The van der Waals surface area contributed by atoms with Gasteiger partial charge in [0.05, 0.1) is 12.0 Å². The quantitative estimate of drug-likeness (QED) is 0.398. The van der Waals surface area contributed by atoms with Gasteiger partial charge in [-0.05, 0) is 68.7 Å². The van der Waals surface area contributed by atoms with Crippen molar-refractivity contribution in [1.82, 2.24) is 14.9 Å². The van der Waals surface area contributed by atoms with Crippen LogP contribution in [0.3, 0.4) is 0 Å². The van der Waals surface area contributed by atoms with Gasteiger partial charge < -0.3 is 10.2 Å². The molecule has 12 heteroatoms. The van der Waals surface area contributed by atoms with E-state index in [1.165, 1.54) is 5.56 Å². The summed E-state index contributed by atoms with van der Waals surface area (Å²) in [6.45, 7) is 6.29. The zero-order valence-corrected chi connectivity index (χ0v) is 24.1. The van der Waals surface area contributed by atoms with Gasteiger partial charge in [0.2, 0.25) is 15.9 Å². The number of piperidine rings is 1. The largest absolute Gasteiger partial charge is 0.341 e. The van der Waals surface area contributed by atoms with E-state index in [1.54, 1.807) is 4.90 Å². The molecule has 1 fully saturated rings. The fourth-order valence-corrected chi connectivity index (χ4v) is 5.78. The molecule has 1 heterocycles. The highest BCUT2D eigenvalue weighted by Gasteiger charge is 2.30. The molecular weight excluding hydrogens is 533 g/mol. The number of nitrogens with one attached hydrogen (secondary N) is 2. The number of nitrogens with zero attached hydrogens (tertiary/aromatic N) is 1. The smallest absolute Gasteiger partial charge is 0.240 e. The highest BCUT2D eigenvalue weighted by Crippen LogP contribution is 2.20. The first-order chi connectivity index (χ1) is 15.7. The summed E-state index contributed by atoms with van der Waals surface area (Å²) < 4.78 is 48.7. The number of sulfonamides is 1. The first-order valence-corrected chi connectivity index (χ1v) is 16.0. The minimum atomic E-state index is -3.65. The van der Waals surface area contributed by atoms with Gasteiger partial charge in [-0.2, -0.15) is 0 Å². The maximum absolute atomic E-state index is 12.9. The number of rotatable bonds is 12. The lowest BCUT2D eigenvalue weighted by Crippen LogP contribution is -2.51. The molecule has 1 aromatic carbocycles. The second kappa shape index (κ2) is 14.1. The molecule has 3 atom stereocenters. The Kier molecular flexibility index (Phi) is 13.0. The Balaban J connectivity index is 0.00000612. The Morgan fingerprint density at radius 2 is 1.77 bits per heavy atom. The number of hydrogen-bond donors (Lipinski definition) is 2. The third kappa shape index (κ3) is 12.3. The van der Waals surface area contributed by atoms with Crippen LogP contribution in [0.2, 0.25) is 5.02 Å². The minimum absolute atomic E-state index is 0. The monoisotopic (exact) mass is 571 g/mol. The summed E-state index contributed by atoms with van der Waals surface area (Å²) >= 11 is 6.09. The van der Waals surface area contributed by atoms with Crippen LogP contribution in [0.25, 0.3) is 0 Å². The molecule has 0 aromatic heterocycles. The zero-order valence-electron chi connectivity index (χ0n) is 20.9. The number of halogens is 2. The van der Waals surface area contributed by atoms with E-state index in [9.17, 15) is 21.6 Å². The SMILES string of the molecule is CC(Cc1cccc(Cl)c1)C(C)NCC1CCN(C(=O)C(CCS(C)(=O)=O)NS(C)(=O)=O)CC1.Cl. The van der Waals surface area contributed by atoms with Crippen LogP contribution < -0.4 is 10.0 Å². The molecule has 35 heavy (non-hydrogen) atoms.